The van der Waals surface area contributed by atoms with E-state index in [-0.39, 0.29) is 22.3 Å². The van der Waals surface area contributed by atoms with Gasteiger partial charge < -0.3 is 0 Å². The van der Waals surface area contributed by atoms with Gasteiger partial charge in [-0.05, 0) is 85.2 Å². The van der Waals surface area contributed by atoms with Crippen LogP contribution in [0.1, 0.15) is 54.7 Å². The maximum absolute atomic E-state index is 14.7. The number of benzene rings is 3. The molecule has 0 N–H and O–H groups in total. The average Bonchev–Trinajstić information content (AvgIpc) is 2.77. The number of hydrogen-bond donors (Lipinski definition) is 0. The van der Waals surface area contributed by atoms with Gasteiger partial charge in [-0.15, -0.1) is 6.58 Å². The molecule has 0 saturated heterocycles. The van der Waals surface area contributed by atoms with Gasteiger partial charge in [0.2, 0.25) is 0 Å². The van der Waals surface area contributed by atoms with Crippen LogP contribution in [0.3, 0.4) is 0 Å². The maximum Gasteiger partial charge on any atom is 0.195 e. The summed E-state index contributed by atoms with van der Waals surface area (Å²) < 4.78 is 70.1. The molecule has 0 spiro atoms. The number of fused-ring (bicyclic) bond motifs is 1. The van der Waals surface area contributed by atoms with Gasteiger partial charge in [-0.1, -0.05) is 24.0 Å². The fraction of sp³-hybridized carbons (Fsp3) is 0.259. The van der Waals surface area contributed by atoms with Crippen LogP contribution in [0.4, 0.5) is 22.0 Å². The van der Waals surface area contributed by atoms with Gasteiger partial charge in [0.25, 0.3) is 0 Å². The Morgan fingerprint density at radius 2 is 1.50 bits per heavy atom. The zero-order valence-corrected chi connectivity index (χ0v) is 17.3. The highest BCUT2D eigenvalue weighted by atomic mass is 19.2. The van der Waals surface area contributed by atoms with E-state index in [1.54, 1.807) is 0 Å². The van der Waals surface area contributed by atoms with Crippen LogP contribution in [-0.4, -0.2) is 0 Å². The third-order valence-electron chi connectivity index (χ3n) is 6.19. The quantitative estimate of drug-likeness (QED) is 0.169. The van der Waals surface area contributed by atoms with Gasteiger partial charge in [0.15, 0.2) is 17.5 Å². The molecule has 0 amide bonds. The molecule has 3 aromatic rings. The fourth-order valence-electron chi connectivity index (χ4n) is 4.43. The second kappa shape index (κ2) is 9.16. The lowest BCUT2D eigenvalue weighted by Crippen LogP contribution is -2.13. The van der Waals surface area contributed by atoms with Crippen molar-refractivity contribution >= 4 is 10.8 Å². The first-order valence-electron chi connectivity index (χ1n) is 10.6. The van der Waals surface area contributed by atoms with Crippen LogP contribution in [0.2, 0.25) is 0 Å². The van der Waals surface area contributed by atoms with Gasteiger partial charge in [0.1, 0.15) is 11.6 Å². The van der Waals surface area contributed by atoms with Crippen LogP contribution >= 0.6 is 0 Å². The van der Waals surface area contributed by atoms with Crippen LogP contribution in [0.15, 0.2) is 49.1 Å². The van der Waals surface area contributed by atoms with E-state index >= 15 is 0 Å². The molecule has 0 nitrogen and oxygen atoms in total. The van der Waals surface area contributed by atoms with Crippen molar-refractivity contribution in [1.29, 1.82) is 0 Å². The van der Waals surface area contributed by atoms with Crippen molar-refractivity contribution in [3.8, 4) is 11.8 Å². The van der Waals surface area contributed by atoms with Crippen molar-refractivity contribution in [2.75, 3.05) is 0 Å². The molecule has 0 radical (unpaired) electrons. The largest absolute Gasteiger partial charge is 0.206 e. The van der Waals surface area contributed by atoms with E-state index in [0.29, 0.717) is 17.0 Å². The van der Waals surface area contributed by atoms with Crippen molar-refractivity contribution in [3.05, 3.63) is 94.8 Å². The van der Waals surface area contributed by atoms with E-state index in [1.165, 1.54) is 30.3 Å². The Hall–Kier alpha value is -3.13. The molecule has 32 heavy (non-hydrogen) atoms. The van der Waals surface area contributed by atoms with E-state index in [0.717, 1.165) is 38.2 Å². The Kier molecular flexibility index (Phi) is 6.32. The molecule has 0 atom stereocenters. The molecule has 0 heterocycles. The Morgan fingerprint density at radius 1 is 0.812 bits per heavy atom. The molecular formula is C27H21F5. The lowest BCUT2D eigenvalue weighted by Gasteiger charge is -2.28. The SMILES string of the molecule is C=CCC1CCC(c2cc(F)c(C#Cc3ccc4c(F)c(F)c(F)cc4c3)c(F)c2)CC1. The Labute approximate surface area is 183 Å². The summed E-state index contributed by atoms with van der Waals surface area (Å²) in [5.74, 6) is 0.201. The summed E-state index contributed by atoms with van der Waals surface area (Å²) in [6, 6.07) is 7.55. The molecule has 1 aliphatic rings. The summed E-state index contributed by atoms with van der Waals surface area (Å²) in [6.07, 6.45) is 6.66. The minimum atomic E-state index is -1.55. The zero-order chi connectivity index (χ0) is 22.8. The van der Waals surface area contributed by atoms with Crippen LogP contribution < -0.4 is 0 Å². The van der Waals surface area contributed by atoms with Gasteiger partial charge >= 0.3 is 0 Å². The van der Waals surface area contributed by atoms with Crippen molar-refractivity contribution in [1.82, 2.24) is 0 Å². The number of halogens is 5. The molecule has 0 aromatic heterocycles. The topological polar surface area (TPSA) is 0 Å². The molecule has 5 heteroatoms. The van der Waals surface area contributed by atoms with Gasteiger partial charge in [-0.2, -0.15) is 0 Å². The third-order valence-corrected chi connectivity index (χ3v) is 6.19. The molecule has 1 aliphatic carbocycles. The molecule has 1 fully saturated rings. The predicted octanol–water partition coefficient (Wildman–Crippen LogP) is 7.79. The molecule has 0 bridgehead atoms. The zero-order valence-electron chi connectivity index (χ0n) is 17.3. The van der Waals surface area contributed by atoms with E-state index in [4.69, 9.17) is 0 Å². The monoisotopic (exact) mass is 440 g/mol. The van der Waals surface area contributed by atoms with Crippen molar-refractivity contribution in [2.24, 2.45) is 5.92 Å². The van der Waals surface area contributed by atoms with E-state index in [9.17, 15) is 22.0 Å². The van der Waals surface area contributed by atoms with Gasteiger partial charge in [-0.25, -0.2) is 22.0 Å². The summed E-state index contributed by atoms with van der Waals surface area (Å²) in [5.41, 5.74) is 0.582. The first-order chi connectivity index (χ1) is 15.4. The standard InChI is InChI=1S/C27H21F5/c1-2-3-16-4-8-18(9-5-16)19-13-23(28)22(24(29)14-19)11-7-17-6-10-21-20(12-17)15-25(30)27(32)26(21)31/h2,6,10,12-16,18H,1,3-5,8-9H2. The first kappa shape index (κ1) is 22.1. The molecular weight excluding hydrogens is 419 g/mol. The highest BCUT2D eigenvalue weighted by Crippen LogP contribution is 2.38. The molecule has 4 rings (SSSR count). The third kappa shape index (κ3) is 4.41. The van der Waals surface area contributed by atoms with Crippen molar-refractivity contribution in [3.63, 3.8) is 0 Å². The van der Waals surface area contributed by atoms with Crippen LogP contribution in [0, 0.1) is 46.8 Å². The fourth-order valence-corrected chi connectivity index (χ4v) is 4.43. The average molecular weight is 440 g/mol. The molecule has 1 saturated carbocycles. The van der Waals surface area contributed by atoms with Crippen molar-refractivity contribution < 1.29 is 22.0 Å². The minimum Gasteiger partial charge on any atom is -0.206 e. The van der Waals surface area contributed by atoms with Crippen molar-refractivity contribution in [2.45, 2.75) is 38.0 Å². The number of hydrogen-bond acceptors (Lipinski definition) is 0. The highest BCUT2D eigenvalue weighted by Gasteiger charge is 2.23. The van der Waals surface area contributed by atoms with Crippen LogP contribution in [0.5, 0.6) is 0 Å². The highest BCUT2D eigenvalue weighted by molar-refractivity contribution is 5.84. The molecule has 3 aromatic carbocycles. The molecule has 0 unspecified atom stereocenters. The Balaban J connectivity index is 1.58. The summed E-state index contributed by atoms with van der Waals surface area (Å²) in [7, 11) is 0. The van der Waals surface area contributed by atoms with Gasteiger partial charge in [-0.3, -0.25) is 0 Å². The number of rotatable bonds is 3. The van der Waals surface area contributed by atoms with E-state index in [2.05, 4.69) is 18.4 Å². The minimum absolute atomic E-state index is 0.0982. The smallest absolute Gasteiger partial charge is 0.195 e. The lowest BCUT2D eigenvalue weighted by atomic mass is 9.77. The Bertz CT molecular complexity index is 1220. The summed E-state index contributed by atoms with van der Waals surface area (Å²) in [4.78, 5) is 0. The number of allylic oxidation sites excluding steroid dienone is 1. The normalized spacial score (nSPS) is 18.3. The summed E-state index contributed by atoms with van der Waals surface area (Å²) >= 11 is 0. The molecule has 0 aliphatic heterocycles. The first-order valence-corrected chi connectivity index (χ1v) is 10.6. The summed E-state index contributed by atoms with van der Waals surface area (Å²) in [6.45, 7) is 3.77. The predicted molar refractivity (Wildman–Crippen MR) is 116 cm³/mol. The van der Waals surface area contributed by atoms with E-state index < -0.39 is 29.1 Å². The van der Waals surface area contributed by atoms with Crippen LogP contribution in [0.25, 0.3) is 10.8 Å². The van der Waals surface area contributed by atoms with Crippen LogP contribution in [-0.2, 0) is 0 Å². The van der Waals surface area contributed by atoms with Gasteiger partial charge in [0, 0.05) is 10.9 Å². The van der Waals surface area contributed by atoms with Gasteiger partial charge in [0.05, 0.1) is 5.56 Å². The second-order valence-corrected chi connectivity index (χ2v) is 8.27. The van der Waals surface area contributed by atoms with E-state index in [1.807, 2.05) is 6.08 Å². The maximum atomic E-state index is 14.7. The lowest BCUT2D eigenvalue weighted by molar-refractivity contribution is 0.327. The molecule has 164 valence electrons. The Morgan fingerprint density at radius 3 is 2.16 bits per heavy atom. The second-order valence-electron chi connectivity index (χ2n) is 8.27. The summed E-state index contributed by atoms with van der Waals surface area (Å²) in [5, 5.41) is 0.00974.